The lowest BCUT2D eigenvalue weighted by atomic mass is 10.1. The Labute approximate surface area is 228 Å². The summed E-state index contributed by atoms with van der Waals surface area (Å²) < 4.78 is 77.2. The van der Waals surface area contributed by atoms with Gasteiger partial charge in [0.2, 0.25) is 17.6 Å². The standard InChI is InChI=1S/C27H25F3N6O3S/c1-16-12-22(36-40(37,38)19-6-3-2-4-7-19)23(29)24(30)25(16)39-26-20(8-5-10-32-26)21-9-11-33-27(35-21)34-18-13-17(28)14-31-15-18/h2-12,17-18,31,36H,13-15H2,1H3,(H,33,34,35)/t17-,18-/m0/s1. The predicted octanol–water partition coefficient (Wildman–Crippen LogP) is 4.83. The number of benzene rings is 2. The Balaban J connectivity index is 1.41. The maximum absolute atomic E-state index is 15.2. The van der Waals surface area contributed by atoms with Gasteiger partial charge >= 0.3 is 0 Å². The molecular formula is C27H25F3N6O3S. The zero-order valence-corrected chi connectivity index (χ0v) is 22.1. The van der Waals surface area contributed by atoms with Crippen LogP contribution in [-0.2, 0) is 10.0 Å². The Morgan fingerprint density at radius 2 is 1.80 bits per heavy atom. The van der Waals surface area contributed by atoms with Crippen molar-refractivity contribution in [2.24, 2.45) is 0 Å². The van der Waals surface area contributed by atoms with E-state index in [2.05, 4.69) is 30.3 Å². The van der Waals surface area contributed by atoms with Crippen molar-refractivity contribution in [3.63, 3.8) is 0 Å². The molecule has 0 bridgehead atoms. The van der Waals surface area contributed by atoms with Crippen LogP contribution in [0.2, 0.25) is 0 Å². The van der Waals surface area contributed by atoms with E-state index in [1.54, 1.807) is 24.3 Å². The SMILES string of the molecule is Cc1cc(NS(=O)(=O)c2ccccc2)c(F)c(F)c1Oc1ncccc1-c1ccnc(N[C@@H]2CNC[C@@H](F)C2)n1. The van der Waals surface area contributed by atoms with Crippen LogP contribution in [0, 0.1) is 18.6 Å². The summed E-state index contributed by atoms with van der Waals surface area (Å²) in [5.74, 6) is -3.09. The molecule has 1 aliphatic heterocycles. The number of aryl methyl sites for hydroxylation is 1. The van der Waals surface area contributed by atoms with Gasteiger partial charge in [-0.2, -0.15) is 4.39 Å². The molecule has 2 atom stereocenters. The minimum atomic E-state index is -4.16. The van der Waals surface area contributed by atoms with Gasteiger partial charge in [0.1, 0.15) is 6.17 Å². The van der Waals surface area contributed by atoms with E-state index in [1.165, 1.54) is 43.6 Å². The average Bonchev–Trinajstić information content (AvgIpc) is 2.95. The van der Waals surface area contributed by atoms with Gasteiger partial charge in [0.25, 0.3) is 10.0 Å². The van der Waals surface area contributed by atoms with Crippen molar-refractivity contribution < 1.29 is 26.3 Å². The molecule has 0 aliphatic carbocycles. The maximum Gasteiger partial charge on any atom is 0.261 e. The third-order valence-corrected chi connectivity index (χ3v) is 7.56. The molecule has 5 rings (SSSR count). The number of sulfonamides is 1. The van der Waals surface area contributed by atoms with Crippen LogP contribution >= 0.6 is 0 Å². The van der Waals surface area contributed by atoms with Crippen LogP contribution in [0.15, 0.2) is 71.9 Å². The predicted molar refractivity (Wildman–Crippen MR) is 143 cm³/mol. The minimum Gasteiger partial charge on any atom is -0.435 e. The second kappa shape index (κ2) is 11.5. The fourth-order valence-electron chi connectivity index (χ4n) is 4.26. The molecule has 2 aromatic carbocycles. The molecule has 1 saturated heterocycles. The number of nitrogens with one attached hydrogen (secondary N) is 3. The Morgan fingerprint density at radius 3 is 2.58 bits per heavy atom. The molecule has 3 N–H and O–H groups in total. The number of alkyl halides is 1. The number of halogens is 3. The van der Waals surface area contributed by atoms with Gasteiger partial charge < -0.3 is 15.4 Å². The maximum atomic E-state index is 15.2. The summed E-state index contributed by atoms with van der Waals surface area (Å²) in [6.45, 7) is 2.30. The molecule has 1 fully saturated rings. The summed E-state index contributed by atoms with van der Waals surface area (Å²) in [7, 11) is -4.16. The van der Waals surface area contributed by atoms with E-state index in [0.29, 0.717) is 30.8 Å². The summed E-state index contributed by atoms with van der Waals surface area (Å²) in [6, 6.07) is 13.1. The summed E-state index contributed by atoms with van der Waals surface area (Å²) in [5.41, 5.74) is 0.307. The van der Waals surface area contributed by atoms with Crippen molar-refractivity contribution >= 4 is 21.7 Å². The summed E-state index contributed by atoms with van der Waals surface area (Å²) in [4.78, 5) is 12.7. The minimum absolute atomic E-state index is 0.0608. The van der Waals surface area contributed by atoms with Crippen LogP contribution in [0.5, 0.6) is 11.6 Å². The third kappa shape index (κ3) is 6.00. The van der Waals surface area contributed by atoms with Crippen LogP contribution < -0.4 is 20.1 Å². The Bertz CT molecular complexity index is 1630. The molecule has 208 valence electrons. The summed E-state index contributed by atoms with van der Waals surface area (Å²) in [6.07, 6.45) is 2.25. The van der Waals surface area contributed by atoms with Crippen LogP contribution in [0.1, 0.15) is 12.0 Å². The lowest BCUT2D eigenvalue weighted by Gasteiger charge is -2.26. The molecule has 0 saturated carbocycles. The normalized spacial score (nSPS) is 17.3. The van der Waals surface area contributed by atoms with Crippen molar-refractivity contribution in [2.75, 3.05) is 23.1 Å². The second-order valence-electron chi connectivity index (χ2n) is 9.17. The van der Waals surface area contributed by atoms with Gasteiger partial charge in [-0.15, -0.1) is 0 Å². The third-order valence-electron chi connectivity index (χ3n) is 6.18. The van der Waals surface area contributed by atoms with Gasteiger partial charge in [0.05, 0.1) is 21.8 Å². The Kier molecular flexibility index (Phi) is 7.85. The average molecular weight is 571 g/mol. The van der Waals surface area contributed by atoms with E-state index in [9.17, 15) is 12.8 Å². The van der Waals surface area contributed by atoms with Crippen LogP contribution in [0.25, 0.3) is 11.3 Å². The van der Waals surface area contributed by atoms with Gasteiger partial charge in [-0.05, 0) is 48.9 Å². The molecule has 13 heteroatoms. The molecule has 1 aliphatic rings. The molecule has 2 aromatic heterocycles. The summed E-state index contributed by atoms with van der Waals surface area (Å²) in [5, 5.41) is 6.10. The van der Waals surface area contributed by atoms with Gasteiger partial charge in [-0.25, -0.2) is 32.2 Å². The van der Waals surface area contributed by atoms with Crippen molar-refractivity contribution in [1.29, 1.82) is 0 Å². The fourth-order valence-corrected chi connectivity index (χ4v) is 5.33. The van der Waals surface area contributed by atoms with Gasteiger partial charge in [0, 0.05) is 37.9 Å². The van der Waals surface area contributed by atoms with Crippen LogP contribution in [0.3, 0.4) is 0 Å². The van der Waals surface area contributed by atoms with Gasteiger partial charge in [-0.1, -0.05) is 18.2 Å². The smallest absolute Gasteiger partial charge is 0.261 e. The molecule has 40 heavy (non-hydrogen) atoms. The van der Waals surface area contributed by atoms with E-state index >= 15 is 8.78 Å². The largest absolute Gasteiger partial charge is 0.435 e. The van der Waals surface area contributed by atoms with Gasteiger partial charge in [-0.3, -0.25) is 4.72 Å². The highest BCUT2D eigenvalue weighted by molar-refractivity contribution is 7.92. The van der Waals surface area contributed by atoms with Crippen LogP contribution in [0.4, 0.5) is 24.8 Å². The number of hydrogen-bond acceptors (Lipinski definition) is 8. The highest BCUT2D eigenvalue weighted by Crippen LogP contribution is 2.37. The number of ether oxygens (including phenoxy) is 1. The molecular weight excluding hydrogens is 545 g/mol. The van der Waals surface area contributed by atoms with Crippen molar-refractivity contribution in [2.45, 2.75) is 30.5 Å². The fraction of sp³-hybridized carbons (Fsp3) is 0.222. The number of anilines is 2. The van der Waals surface area contributed by atoms with Crippen LogP contribution in [-0.4, -0.2) is 48.7 Å². The molecule has 0 amide bonds. The first-order valence-electron chi connectivity index (χ1n) is 12.4. The lowest BCUT2D eigenvalue weighted by molar-refractivity contribution is 0.254. The number of nitrogens with zero attached hydrogens (tertiary/aromatic N) is 3. The second-order valence-corrected chi connectivity index (χ2v) is 10.9. The highest BCUT2D eigenvalue weighted by Gasteiger charge is 2.25. The number of aromatic nitrogens is 3. The number of rotatable bonds is 8. The zero-order valence-electron chi connectivity index (χ0n) is 21.2. The van der Waals surface area contributed by atoms with Crippen molar-refractivity contribution in [3.8, 4) is 22.9 Å². The Morgan fingerprint density at radius 1 is 1.00 bits per heavy atom. The van der Waals surface area contributed by atoms with E-state index in [4.69, 9.17) is 4.74 Å². The van der Waals surface area contributed by atoms with E-state index < -0.39 is 39.3 Å². The zero-order chi connectivity index (χ0) is 28.3. The molecule has 9 nitrogen and oxygen atoms in total. The molecule has 0 unspecified atom stereocenters. The first kappa shape index (κ1) is 27.3. The first-order chi connectivity index (χ1) is 19.2. The lowest BCUT2D eigenvalue weighted by Crippen LogP contribution is -2.44. The topological polar surface area (TPSA) is 118 Å². The molecule has 0 spiro atoms. The number of pyridine rings is 1. The van der Waals surface area contributed by atoms with Gasteiger partial charge in [0.15, 0.2) is 11.6 Å². The molecule has 4 aromatic rings. The first-order valence-corrected chi connectivity index (χ1v) is 13.8. The van der Waals surface area contributed by atoms with E-state index in [-0.39, 0.29) is 28.3 Å². The molecule has 0 radical (unpaired) electrons. The van der Waals surface area contributed by atoms with Crippen molar-refractivity contribution in [3.05, 3.63) is 84.2 Å². The Hall–Kier alpha value is -4.23. The highest BCUT2D eigenvalue weighted by atomic mass is 32.2. The van der Waals surface area contributed by atoms with E-state index in [0.717, 1.165) is 6.07 Å². The van der Waals surface area contributed by atoms with E-state index in [1.807, 2.05) is 0 Å². The molecule has 3 heterocycles. The number of piperidine rings is 1. The quantitative estimate of drug-likeness (QED) is 0.276. The number of hydrogen-bond donors (Lipinski definition) is 3. The summed E-state index contributed by atoms with van der Waals surface area (Å²) >= 11 is 0. The monoisotopic (exact) mass is 570 g/mol. The van der Waals surface area contributed by atoms with Crippen molar-refractivity contribution in [1.82, 2.24) is 20.3 Å².